The van der Waals surface area contributed by atoms with Crippen LogP contribution >= 0.6 is 0 Å². The summed E-state index contributed by atoms with van der Waals surface area (Å²) in [5.74, 6) is -0.928. The minimum absolute atomic E-state index is 0.272. The summed E-state index contributed by atoms with van der Waals surface area (Å²) in [4.78, 5) is 24.9. The number of rotatable bonds is 22. The molecule has 0 fully saturated rings. The lowest BCUT2D eigenvalue weighted by Gasteiger charge is -2.09. The van der Waals surface area contributed by atoms with Crippen molar-refractivity contribution in [1.82, 2.24) is 0 Å². The van der Waals surface area contributed by atoms with Crippen molar-refractivity contribution in [1.29, 1.82) is 0 Å². The van der Waals surface area contributed by atoms with Crippen molar-refractivity contribution < 1.29 is 19.1 Å². The van der Waals surface area contributed by atoms with Crippen molar-refractivity contribution in [3.63, 3.8) is 0 Å². The molecule has 0 unspecified atom stereocenters. The number of carbonyl (C=O) groups excluding carboxylic acids is 2. The fraction of sp³-hybridized carbons (Fsp3) is 0.677. The van der Waals surface area contributed by atoms with E-state index in [1.54, 1.807) is 24.3 Å². The lowest BCUT2D eigenvalue weighted by molar-refractivity contribution is 0.0457. The molecule has 0 spiro atoms. The Kier molecular flexibility index (Phi) is 19.8. The molecule has 1 aromatic rings. The first-order chi connectivity index (χ1) is 17.2. The summed E-state index contributed by atoms with van der Waals surface area (Å²) in [6.07, 6.45) is 25.2. The van der Waals surface area contributed by atoms with Gasteiger partial charge in [0.2, 0.25) is 0 Å². The monoisotopic (exact) mass is 486 g/mol. The van der Waals surface area contributed by atoms with Crippen LogP contribution < -0.4 is 0 Å². The highest BCUT2D eigenvalue weighted by Gasteiger charge is 2.18. The van der Waals surface area contributed by atoms with Gasteiger partial charge in [-0.2, -0.15) is 0 Å². The summed E-state index contributed by atoms with van der Waals surface area (Å²) < 4.78 is 10.7. The van der Waals surface area contributed by atoms with E-state index in [0.717, 1.165) is 19.3 Å². The maximum atomic E-state index is 12.5. The van der Waals surface area contributed by atoms with Crippen molar-refractivity contribution in [3.05, 3.63) is 47.5 Å². The number of esters is 2. The van der Waals surface area contributed by atoms with Crippen LogP contribution in [0.4, 0.5) is 0 Å². The second-order valence-electron chi connectivity index (χ2n) is 9.44. The first kappa shape index (κ1) is 30.9. The number of carbonyl (C=O) groups is 2. The van der Waals surface area contributed by atoms with Gasteiger partial charge in [-0.3, -0.25) is 0 Å². The predicted molar refractivity (Wildman–Crippen MR) is 146 cm³/mol. The Morgan fingerprint density at radius 3 is 1.49 bits per heavy atom. The summed E-state index contributed by atoms with van der Waals surface area (Å²) >= 11 is 0. The van der Waals surface area contributed by atoms with E-state index in [1.807, 2.05) is 12.2 Å². The molecule has 0 heterocycles. The van der Waals surface area contributed by atoms with Gasteiger partial charge in [-0.05, 0) is 31.4 Å². The van der Waals surface area contributed by atoms with E-state index < -0.39 is 11.9 Å². The highest BCUT2D eigenvalue weighted by Crippen LogP contribution is 2.15. The Hall–Kier alpha value is -2.10. The zero-order chi connectivity index (χ0) is 25.4. The Morgan fingerprint density at radius 1 is 0.600 bits per heavy atom. The molecule has 1 aromatic carbocycles. The van der Waals surface area contributed by atoms with Crippen molar-refractivity contribution in [3.8, 4) is 0 Å². The van der Waals surface area contributed by atoms with E-state index in [2.05, 4.69) is 13.8 Å². The van der Waals surface area contributed by atoms with Crippen LogP contribution in [0, 0.1) is 0 Å². The average Bonchev–Trinajstić information content (AvgIpc) is 2.88. The summed E-state index contributed by atoms with van der Waals surface area (Å²) in [6, 6.07) is 6.72. The van der Waals surface area contributed by atoms with Gasteiger partial charge in [0.25, 0.3) is 0 Å². The SMILES string of the molecule is CC/C=C/CCOC(=O)c1ccccc1C(=O)OCCCCCCCCCCCCCCCCC. The minimum atomic E-state index is -0.477. The third kappa shape index (κ3) is 16.2. The van der Waals surface area contributed by atoms with Gasteiger partial charge in [0, 0.05) is 0 Å². The van der Waals surface area contributed by atoms with Crippen LogP contribution in [0.1, 0.15) is 144 Å². The van der Waals surface area contributed by atoms with Crippen LogP contribution in [0.25, 0.3) is 0 Å². The lowest BCUT2D eigenvalue weighted by Crippen LogP contribution is -2.14. The summed E-state index contributed by atoms with van der Waals surface area (Å²) in [7, 11) is 0. The largest absolute Gasteiger partial charge is 0.462 e. The van der Waals surface area contributed by atoms with E-state index in [9.17, 15) is 9.59 Å². The third-order valence-electron chi connectivity index (χ3n) is 6.27. The van der Waals surface area contributed by atoms with Crippen molar-refractivity contribution in [2.45, 2.75) is 123 Å². The van der Waals surface area contributed by atoms with E-state index in [1.165, 1.54) is 83.5 Å². The van der Waals surface area contributed by atoms with E-state index in [0.29, 0.717) is 19.6 Å². The molecular weight excluding hydrogens is 436 g/mol. The molecule has 0 aliphatic rings. The van der Waals surface area contributed by atoms with Gasteiger partial charge in [-0.25, -0.2) is 9.59 Å². The molecule has 0 radical (unpaired) electrons. The zero-order valence-corrected chi connectivity index (χ0v) is 22.5. The van der Waals surface area contributed by atoms with Crippen LogP contribution in [-0.2, 0) is 9.47 Å². The van der Waals surface area contributed by atoms with Gasteiger partial charge >= 0.3 is 11.9 Å². The molecule has 0 bridgehead atoms. The van der Waals surface area contributed by atoms with Gasteiger partial charge in [-0.15, -0.1) is 0 Å². The van der Waals surface area contributed by atoms with Crippen LogP contribution in [-0.4, -0.2) is 25.2 Å². The Labute approximate surface area is 214 Å². The number of benzene rings is 1. The van der Waals surface area contributed by atoms with Crippen LogP contribution in [0.15, 0.2) is 36.4 Å². The van der Waals surface area contributed by atoms with Crippen molar-refractivity contribution >= 4 is 11.9 Å². The smallest absolute Gasteiger partial charge is 0.339 e. The molecule has 0 aliphatic heterocycles. The van der Waals surface area contributed by atoms with Gasteiger partial charge in [0.05, 0.1) is 24.3 Å². The molecule has 35 heavy (non-hydrogen) atoms. The number of ether oxygens (including phenoxy) is 2. The van der Waals surface area contributed by atoms with E-state index in [-0.39, 0.29) is 11.1 Å². The number of hydrogen-bond donors (Lipinski definition) is 0. The number of allylic oxidation sites excluding steroid dienone is 1. The first-order valence-electron chi connectivity index (χ1n) is 14.3. The van der Waals surface area contributed by atoms with Crippen molar-refractivity contribution in [2.75, 3.05) is 13.2 Å². The fourth-order valence-electron chi connectivity index (χ4n) is 4.14. The predicted octanol–water partition coefficient (Wildman–Crippen LogP) is 9.23. The maximum Gasteiger partial charge on any atom is 0.339 e. The lowest BCUT2D eigenvalue weighted by atomic mass is 10.0. The highest BCUT2D eigenvalue weighted by molar-refractivity contribution is 6.03. The van der Waals surface area contributed by atoms with Gasteiger partial charge in [0.1, 0.15) is 0 Å². The van der Waals surface area contributed by atoms with Crippen LogP contribution in [0.5, 0.6) is 0 Å². The molecule has 0 aromatic heterocycles. The van der Waals surface area contributed by atoms with Crippen LogP contribution in [0.3, 0.4) is 0 Å². The highest BCUT2D eigenvalue weighted by atomic mass is 16.5. The molecular formula is C31H50O4. The van der Waals surface area contributed by atoms with E-state index >= 15 is 0 Å². The topological polar surface area (TPSA) is 52.6 Å². The molecule has 0 saturated carbocycles. The minimum Gasteiger partial charge on any atom is -0.462 e. The molecule has 0 amide bonds. The Bertz CT molecular complexity index is 695. The zero-order valence-electron chi connectivity index (χ0n) is 22.5. The fourth-order valence-corrected chi connectivity index (χ4v) is 4.14. The molecule has 0 atom stereocenters. The van der Waals surface area contributed by atoms with E-state index in [4.69, 9.17) is 9.47 Å². The number of hydrogen-bond acceptors (Lipinski definition) is 4. The average molecular weight is 487 g/mol. The van der Waals surface area contributed by atoms with Crippen molar-refractivity contribution in [2.24, 2.45) is 0 Å². The molecule has 0 aliphatic carbocycles. The molecule has 198 valence electrons. The van der Waals surface area contributed by atoms with Gasteiger partial charge < -0.3 is 9.47 Å². The standard InChI is InChI=1S/C31H50O4/c1-3-5-7-9-10-11-12-13-14-15-16-17-18-19-23-27-35-31(33)29-25-21-20-24-28(29)30(32)34-26-22-8-6-4-2/h6,8,20-21,24-25H,3-5,7,9-19,22-23,26-27H2,1-2H3/b8-6+. The molecule has 1 rings (SSSR count). The molecule has 0 saturated heterocycles. The second-order valence-corrected chi connectivity index (χ2v) is 9.44. The summed E-state index contributed by atoms with van der Waals surface area (Å²) in [5, 5.41) is 0. The second kappa shape index (κ2) is 22.4. The van der Waals surface area contributed by atoms with Gasteiger partial charge in [0.15, 0.2) is 0 Å². The van der Waals surface area contributed by atoms with Gasteiger partial charge in [-0.1, -0.05) is 128 Å². The molecule has 4 heteroatoms. The molecule has 0 N–H and O–H groups in total. The van der Waals surface area contributed by atoms with Crippen LogP contribution in [0.2, 0.25) is 0 Å². The quantitative estimate of drug-likeness (QED) is 0.0931. The Morgan fingerprint density at radius 2 is 1.03 bits per heavy atom. The maximum absolute atomic E-state index is 12.5. The first-order valence-corrected chi connectivity index (χ1v) is 14.3. The Balaban J connectivity index is 2.08. The number of unbranched alkanes of at least 4 members (excludes halogenated alkanes) is 14. The molecule has 4 nitrogen and oxygen atoms in total. The third-order valence-corrected chi connectivity index (χ3v) is 6.27. The summed E-state index contributed by atoms with van der Waals surface area (Å²) in [6.45, 7) is 5.02. The summed E-state index contributed by atoms with van der Waals surface area (Å²) in [5.41, 5.74) is 0.552. The normalized spacial score (nSPS) is 11.1.